The van der Waals surface area contributed by atoms with E-state index >= 15 is 0 Å². The number of nitrogens with zero attached hydrogens (tertiary/aromatic N) is 1. The number of fused-ring (bicyclic) bond motifs is 5. The van der Waals surface area contributed by atoms with Gasteiger partial charge in [0.2, 0.25) is 0 Å². The van der Waals surface area contributed by atoms with E-state index in [0.29, 0.717) is 23.9 Å². The van der Waals surface area contributed by atoms with E-state index in [2.05, 4.69) is 60.4 Å². The topological polar surface area (TPSA) is 57.4 Å². The van der Waals surface area contributed by atoms with Gasteiger partial charge in [0.05, 0.1) is 18.8 Å². The molecule has 0 radical (unpaired) electrons. The molecule has 2 saturated carbocycles. The van der Waals surface area contributed by atoms with Crippen molar-refractivity contribution in [3.8, 4) is 11.5 Å². The van der Waals surface area contributed by atoms with Crippen LogP contribution in [0.5, 0.6) is 11.5 Å². The molecule has 1 aromatic heterocycles. The number of nitrogens with two attached hydrogens (primary N) is 1. The van der Waals surface area contributed by atoms with Gasteiger partial charge in [0.15, 0.2) is 11.5 Å². The van der Waals surface area contributed by atoms with Gasteiger partial charge in [-0.25, -0.2) is 0 Å². The summed E-state index contributed by atoms with van der Waals surface area (Å²) in [5.74, 6) is 4.28. The van der Waals surface area contributed by atoms with Crippen LogP contribution in [0.4, 0.5) is 0 Å². The first-order valence-electron chi connectivity index (χ1n) is 13.6. The highest BCUT2D eigenvalue weighted by Gasteiger charge is 2.56. The predicted molar refractivity (Wildman–Crippen MR) is 143 cm³/mol. The summed E-state index contributed by atoms with van der Waals surface area (Å²) in [6, 6.07) is 21.1. The van der Waals surface area contributed by atoms with Crippen LogP contribution in [0.1, 0.15) is 73.4 Å². The Morgan fingerprint density at radius 2 is 1.83 bits per heavy atom. The average molecular weight is 483 g/mol. The van der Waals surface area contributed by atoms with Gasteiger partial charge >= 0.3 is 0 Å². The van der Waals surface area contributed by atoms with Crippen LogP contribution in [-0.2, 0) is 13.0 Å². The number of rotatable bonds is 6. The third-order valence-corrected chi connectivity index (χ3v) is 9.78. The standard InChI is InChI=1S/C32H38N2O2/c1-32-16-15-23-24(26(32)13-14-27(32)31(33)28-10-6-7-17-34-28)12-11-22-18-30(29(35-2)19-25(22)23)36-20-21-8-4-3-5-9-21/h3-10,17-19,23-24,26-27,31H,11-16,20,33H2,1-2H3. The number of hydrogen-bond donors (Lipinski definition) is 1. The van der Waals surface area contributed by atoms with E-state index in [-0.39, 0.29) is 6.04 Å². The molecule has 0 saturated heterocycles. The summed E-state index contributed by atoms with van der Waals surface area (Å²) < 4.78 is 12.1. The van der Waals surface area contributed by atoms with Gasteiger partial charge in [0, 0.05) is 6.20 Å². The van der Waals surface area contributed by atoms with Crippen LogP contribution in [0.2, 0.25) is 0 Å². The monoisotopic (exact) mass is 482 g/mol. The zero-order valence-electron chi connectivity index (χ0n) is 21.5. The highest BCUT2D eigenvalue weighted by atomic mass is 16.5. The van der Waals surface area contributed by atoms with Crippen LogP contribution >= 0.6 is 0 Å². The molecule has 3 aliphatic rings. The minimum atomic E-state index is 0.0260. The second-order valence-corrected chi connectivity index (χ2v) is 11.4. The lowest BCUT2D eigenvalue weighted by Crippen LogP contribution is -2.44. The van der Waals surface area contributed by atoms with E-state index in [4.69, 9.17) is 15.2 Å². The van der Waals surface area contributed by atoms with Crippen molar-refractivity contribution in [2.75, 3.05) is 7.11 Å². The number of aryl methyl sites for hydroxylation is 1. The highest BCUT2D eigenvalue weighted by molar-refractivity contribution is 5.50. The smallest absolute Gasteiger partial charge is 0.161 e. The SMILES string of the molecule is COc1cc2c(cc1OCc1ccccc1)CCC1C2CCC2(C)C(C(N)c3ccccn3)CCC12. The number of methoxy groups -OCH3 is 1. The molecule has 0 amide bonds. The van der Waals surface area contributed by atoms with Crippen molar-refractivity contribution in [2.45, 2.75) is 64.0 Å². The largest absolute Gasteiger partial charge is 0.493 e. The van der Waals surface area contributed by atoms with E-state index < -0.39 is 0 Å². The lowest BCUT2D eigenvalue weighted by atomic mass is 9.53. The van der Waals surface area contributed by atoms with E-state index in [1.54, 1.807) is 7.11 Å². The van der Waals surface area contributed by atoms with Gasteiger partial charge in [-0.1, -0.05) is 43.3 Å². The summed E-state index contributed by atoms with van der Waals surface area (Å²) in [6.45, 7) is 3.09. The third kappa shape index (κ3) is 4.00. The Balaban J connectivity index is 1.24. The van der Waals surface area contributed by atoms with E-state index in [9.17, 15) is 0 Å². The number of aromatic nitrogens is 1. The fraction of sp³-hybridized carbons (Fsp3) is 0.469. The molecule has 36 heavy (non-hydrogen) atoms. The maximum absolute atomic E-state index is 6.87. The molecule has 188 valence electrons. The molecule has 0 bridgehead atoms. The minimum Gasteiger partial charge on any atom is -0.493 e. The molecule has 3 aromatic rings. The fourth-order valence-electron chi connectivity index (χ4n) is 8.00. The summed E-state index contributed by atoms with van der Waals surface area (Å²) in [7, 11) is 1.76. The average Bonchev–Trinajstić information content (AvgIpc) is 3.29. The van der Waals surface area contributed by atoms with Crippen molar-refractivity contribution in [1.29, 1.82) is 0 Å². The van der Waals surface area contributed by atoms with Crippen LogP contribution in [0.3, 0.4) is 0 Å². The Labute approximate surface area is 215 Å². The fourth-order valence-corrected chi connectivity index (χ4v) is 8.00. The van der Waals surface area contributed by atoms with Gasteiger partial charge in [-0.3, -0.25) is 4.98 Å². The zero-order valence-corrected chi connectivity index (χ0v) is 21.5. The van der Waals surface area contributed by atoms with Crippen molar-refractivity contribution >= 4 is 0 Å². The lowest BCUT2D eigenvalue weighted by Gasteiger charge is -2.52. The summed E-state index contributed by atoms with van der Waals surface area (Å²) in [5.41, 5.74) is 12.3. The molecule has 2 aromatic carbocycles. The van der Waals surface area contributed by atoms with Crippen molar-refractivity contribution < 1.29 is 9.47 Å². The van der Waals surface area contributed by atoms with Crippen molar-refractivity contribution in [3.05, 3.63) is 89.2 Å². The van der Waals surface area contributed by atoms with Gasteiger partial charge in [0.25, 0.3) is 0 Å². The number of pyridine rings is 1. The van der Waals surface area contributed by atoms with Crippen LogP contribution < -0.4 is 15.2 Å². The van der Waals surface area contributed by atoms with Gasteiger partial charge < -0.3 is 15.2 Å². The van der Waals surface area contributed by atoms with Crippen LogP contribution in [0.15, 0.2) is 66.9 Å². The normalized spacial score (nSPS) is 29.5. The first-order chi connectivity index (χ1) is 17.6. The van der Waals surface area contributed by atoms with Crippen LogP contribution in [0.25, 0.3) is 0 Å². The Morgan fingerprint density at radius 3 is 2.61 bits per heavy atom. The molecule has 2 N–H and O–H groups in total. The van der Waals surface area contributed by atoms with Crippen molar-refractivity contribution in [3.63, 3.8) is 0 Å². The quantitative estimate of drug-likeness (QED) is 0.418. The Kier molecular flexibility index (Phi) is 6.25. The molecule has 6 rings (SSSR count). The zero-order chi connectivity index (χ0) is 24.7. The first kappa shape index (κ1) is 23.5. The Morgan fingerprint density at radius 1 is 1.00 bits per heavy atom. The van der Waals surface area contributed by atoms with Crippen molar-refractivity contribution in [1.82, 2.24) is 4.98 Å². The lowest BCUT2D eigenvalue weighted by molar-refractivity contribution is 0.0198. The van der Waals surface area contributed by atoms with Crippen molar-refractivity contribution in [2.24, 2.45) is 28.9 Å². The second-order valence-electron chi connectivity index (χ2n) is 11.4. The molecule has 1 heterocycles. The third-order valence-electron chi connectivity index (χ3n) is 9.78. The van der Waals surface area contributed by atoms with Crippen LogP contribution in [0, 0.1) is 23.2 Å². The number of ether oxygens (including phenoxy) is 2. The molecule has 2 fully saturated rings. The molecule has 4 heteroatoms. The summed E-state index contributed by atoms with van der Waals surface area (Å²) in [5, 5.41) is 0. The van der Waals surface area contributed by atoms with Crippen LogP contribution in [-0.4, -0.2) is 12.1 Å². The van der Waals surface area contributed by atoms with Gasteiger partial charge in [0.1, 0.15) is 6.61 Å². The van der Waals surface area contributed by atoms with Gasteiger partial charge in [-0.15, -0.1) is 0 Å². The summed E-state index contributed by atoms with van der Waals surface area (Å²) in [6.07, 6.45) is 9.21. The predicted octanol–water partition coefficient (Wildman–Crippen LogP) is 6.84. The second kappa shape index (κ2) is 9.55. The molecular formula is C32H38N2O2. The molecular weight excluding hydrogens is 444 g/mol. The first-order valence-corrected chi connectivity index (χ1v) is 13.6. The molecule has 6 unspecified atom stereocenters. The summed E-state index contributed by atoms with van der Waals surface area (Å²) in [4.78, 5) is 4.61. The highest BCUT2D eigenvalue weighted by Crippen LogP contribution is 2.65. The van der Waals surface area contributed by atoms with Gasteiger partial charge in [-0.2, -0.15) is 0 Å². The van der Waals surface area contributed by atoms with E-state index in [0.717, 1.165) is 35.4 Å². The van der Waals surface area contributed by atoms with E-state index in [1.807, 2.05) is 18.3 Å². The Bertz CT molecular complexity index is 1200. The number of hydrogen-bond acceptors (Lipinski definition) is 4. The Hall–Kier alpha value is -2.85. The molecule has 3 aliphatic carbocycles. The molecule has 0 aliphatic heterocycles. The molecule has 4 nitrogen and oxygen atoms in total. The molecule has 6 atom stereocenters. The maximum Gasteiger partial charge on any atom is 0.161 e. The maximum atomic E-state index is 6.87. The summed E-state index contributed by atoms with van der Waals surface area (Å²) >= 11 is 0. The van der Waals surface area contributed by atoms with Gasteiger partial charge in [-0.05, 0) is 109 Å². The molecule has 0 spiro atoms. The van der Waals surface area contributed by atoms with E-state index in [1.165, 1.54) is 48.8 Å². The minimum absolute atomic E-state index is 0.0260. The number of benzene rings is 2.